The summed E-state index contributed by atoms with van der Waals surface area (Å²) in [4.78, 5) is 4.55. The molecular formula is C17H20ClN3. The van der Waals surface area contributed by atoms with Crippen LogP contribution in [-0.4, -0.2) is 20.1 Å². The van der Waals surface area contributed by atoms with E-state index in [2.05, 4.69) is 53.2 Å². The highest BCUT2D eigenvalue weighted by atomic mass is 35.5. The molecule has 0 spiro atoms. The third kappa shape index (κ3) is 2.59. The zero-order chi connectivity index (χ0) is 15.0. The van der Waals surface area contributed by atoms with Gasteiger partial charge in [-0.15, -0.1) is 0 Å². The lowest BCUT2D eigenvalue weighted by Gasteiger charge is -2.37. The van der Waals surface area contributed by atoms with Gasteiger partial charge in [0.2, 0.25) is 0 Å². The van der Waals surface area contributed by atoms with Crippen molar-refractivity contribution >= 4 is 28.7 Å². The quantitative estimate of drug-likeness (QED) is 0.911. The maximum absolute atomic E-state index is 6.50. The topological polar surface area (TPSA) is 32.5 Å². The molecule has 0 amide bonds. The molecule has 0 radical (unpaired) electrons. The Kier molecular flexibility index (Phi) is 3.79. The molecule has 21 heavy (non-hydrogen) atoms. The van der Waals surface area contributed by atoms with Gasteiger partial charge in [0.1, 0.15) is 0 Å². The van der Waals surface area contributed by atoms with E-state index < -0.39 is 0 Å². The summed E-state index contributed by atoms with van der Waals surface area (Å²) >= 11 is 6.50. The minimum atomic E-state index is -0.00340. The van der Waals surface area contributed by atoms with Crippen molar-refractivity contribution < 1.29 is 0 Å². The minimum absolute atomic E-state index is 0.00340. The lowest BCUT2D eigenvalue weighted by Crippen LogP contribution is -2.36. The molecule has 1 heterocycles. The standard InChI is InChI=1S/C17H20ClN3/c1-12(19)13-7-8-15(14(18)11-13)21-10-9-20(2)16-5-3-4-6-17(16)21/h3-8,11-12H,9-10,19H2,1-2H3/t12-/m0/s1. The fraction of sp³-hybridized carbons (Fsp3) is 0.294. The summed E-state index contributed by atoms with van der Waals surface area (Å²) in [5.41, 5.74) is 10.5. The van der Waals surface area contributed by atoms with Crippen LogP contribution in [0.1, 0.15) is 18.5 Å². The smallest absolute Gasteiger partial charge is 0.0649 e. The van der Waals surface area contributed by atoms with Crippen LogP contribution in [0.3, 0.4) is 0 Å². The van der Waals surface area contributed by atoms with E-state index >= 15 is 0 Å². The van der Waals surface area contributed by atoms with E-state index in [0.717, 1.165) is 29.4 Å². The predicted octanol–water partition coefficient (Wildman–Crippen LogP) is 3.95. The Morgan fingerprint density at radius 1 is 1.05 bits per heavy atom. The summed E-state index contributed by atoms with van der Waals surface area (Å²) in [6, 6.07) is 14.5. The molecular weight excluding hydrogens is 282 g/mol. The Labute approximate surface area is 130 Å². The summed E-state index contributed by atoms with van der Waals surface area (Å²) in [7, 11) is 2.12. The second-order valence-electron chi connectivity index (χ2n) is 5.56. The van der Waals surface area contributed by atoms with E-state index in [-0.39, 0.29) is 6.04 Å². The highest BCUT2D eigenvalue weighted by Gasteiger charge is 2.22. The molecule has 0 saturated carbocycles. The normalized spacial score (nSPS) is 15.8. The van der Waals surface area contributed by atoms with Crippen LogP contribution in [0, 0.1) is 0 Å². The van der Waals surface area contributed by atoms with Gasteiger partial charge in [0, 0.05) is 26.2 Å². The van der Waals surface area contributed by atoms with Crippen molar-refractivity contribution in [2.75, 3.05) is 29.9 Å². The van der Waals surface area contributed by atoms with E-state index in [4.69, 9.17) is 17.3 Å². The van der Waals surface area contributed by atoms with Crippen LogP contribution < -0.4 is 15.5 Å². The molecule has 3 nitrogen and oxygen atoms in total. The summed E-state index contributed by atoms with van der Waals surface area (Å²) in [5, 5.41) is 0.754. The van der Waals surface area contributed by atoms with Crippen molar-refractivity contribution in [2.45, 2.75) is 13.0 Å². The van der Waals surface area contributed by atoms with Gasteiger partial charge in [-0.3, -0.25) is 0 Å². The van der Waals surface area contributed by atoms with Crippen molar-refractivity contribution in [3.8, 4) is 0 Å². The van der Waals surface area contributed by atoms with E-state index in [1.807, 2.05) is 13.0 Å². The third-order valence-corrected chi connectivity index (χ3v) is 4.33. The molecule has 0 aromatic heterocycles. The molecule has 2 aromatic rings. The number of likely N-dealkylation sites (N-methyl/N-ethyl adjacent to an activating group) is 1. The molecule has 0 unspecified atom stereocenters. The van der Waals surface area contributed by atoms with E-state index in [1.165, 1.54) is 11.4 Å². The monoisotopic (exact) mass is 301 g/mol. The summed E-state index contributed by atoms with van der Waals surface area (Å²) in [6.07, 6.45) is 0. The van der Waals surface area contributed by atoms with Crippen LogP contribution in [-0.2, 0) is 0 Å². The van der Waals surface area contributed by atoms with Crippen molar-refractivity contribution in [2.24, 2.45) is 5.73 Å². The first-order valence-corrected chi connectivity index (χ1v) is 7.58. The molecule has 0 fully saturated rings. The number of nitrogens with two attached hydrogens (primary N) is 1. The molecule has 0 saturated heterocycles. The number of nitrogens with zero attached hydrogens (tertiary/aromatic N) is 2. The third-order valence-electron chi connectivity index (χ3n) is 4.03. The first-order valence-electron chi connectivity index (χ1n) is 7.20. The van der Waals surface area contributed by atoms with Crippen LogP contribution in [0.15, 0.2) is 42.5 Å². The Balaban J connectivity index is 2.04. The second kappa shape index (κ2) is 5.58. The van der Waals surface area contributed by atoms with Gasteiger partial charge in [-0.2, -0.15) is 0 Å². The Morgan fingerprint density at radius 3 is 2.43 bits per heavy atom. The zero-order valence-corrected chi connectivity index (χ0v) is 13.1. The fourth-order valence-electron chi connectivity index (χ4n) is 2.78. The highest BCUT2D eigenvalue weighted by molar-refractivity contribution is 6.33. The van der Waals surface area contributed by atoms with Crippen LogP contribution in [0.4, 0.5) is 17.1 Å². The van der Waals surface area contributed by atoms with Crippen LogP contribution >= 0.6 is 11.6 Å². The van der Waals surface area contributed by atoms with Crippen LogP contribution in [0.2, 0.25) is 5.02 Å². The van der Waals surface area contributed by atoms with Crippen molar-refractivity contribution in [3.05, 3.63) is 53.1 Å². The zero-order valence-electron chi connectivity index (χ0n) is 12.4. The van der Waals surface area contributed by atoms with Gasteiger partial charge < -0.3 is 15.5 Å². The molecule has 2 N–H and O–H groups in total. The van der Waals surface area contributed by atoms with E-state index in [9.17, 15) is 0 Å². The summed E-state index contributed by atoms with van der Waals surface area (Å²) in [5.74, 6) is 0. The predicted molar refractivity (Wildman–Crippen MR) is 90.8 cm³/mol. The lowest BCUT2D eigenvalue weighted by atomic mass is 10.1. The van der Waals surface area contributed by atoms with Crippen LogP contribution in [0.5, 0.6) is 0 Å². The highest BCUT2D eigenvalue weighted by Crippen LogP contribution is 2.40. The Morgan fingerprint density at radius 2 is 1.76 bits per heavy atom. The molecule has 0 aliphatic carbocycles. The fourth-order valence-corrected chi connectivity index (χ4v) is 3.07. The van der Waals surface area contributed by atoms with Gasteiger partial charge in [0.15, 0.2) is 0 Å². The average Bonchev–Trinajstić information content (AvgIpc) is 2.48. The molecule has 3 rings (SSSR count). The largest absolute Gasteiger partial charge is 0.371 e. The van der Waals surface area contributed by atoms with Gasteiger partial charge in [0.05, 0.1) is 22.1 Å². The van der Waals surface area contributed by atoms with E-state index in [1.54, 1.807) is 0 Å². The van der Waals surface area contributed by atoms with Crippen molar-refractivity contribution in [1.82, 2.24) is 0 Å². The van der Waals surface area contributed by atoms with Crippen molar-refractivity contribution in [3.63, 3.8) is 0 Å². The number of hydrogen-bond acceptors (Lipinski definition) is 3. The number of halogens is 1. The Hall–Kier alpha value is -1.71. The lowest BCUT2D eigenvalue weighted by molar-refractivity contribution is 0.811. The second-order valence-corrected chi connectivity index (χ2v) is 5.97. The molecule has 1 atom stereocenters. The molecule has 4 heteroatoms. The van der Waals surface area contributed by atoms with Gasteiger partial charge in [-0.25, -0.2) is 0 Å². The summed E-state index contributed by atoms with van der Waals surface area (Å²) in [6.45, 7) is 3.86. The van der Waals surface area contributed by atoms with Gasteiger partial charge in [0.25, 0.3) is 0 Å². The number of rotatable bonds is 2. The molecule has 1 aliphatic heterocycles. The first kappa shape index (κ1) is 14.2. The van der Waals surface area contributed by atoms with Crippen LogP contribution in [0.25, 0.3) is 0 Å². The number of para-hydroxylation sites is 2. The Bertz CT molecular complexity index is 654. The molecule has 2 aromatic carbocycles. The summed E-state index contributed by atoms with van der Waals surface area (Å²) < 4.78 is 0. The number of fused-ring (bicyclic) bond motifs is 1. The maximum Gasteiger partial charge on any atom is 0.0649 e. The molecule has 110 valence electrons. The number of benzene rings is 2. The van der Waals surface area contributed by atoms with Crippen molar-refractivity contribution in [1.29, 1.82) is 0 Å². The van der Waals surface area contributed by atoms with E-state index in [0.29, 0.717) is 0 Å². The number of anilines is 3. The first-order chi connectivity index (χ1) is 10.1. The average molecular weight is 302 g/mol. The maximum atomic E-state index is 6.50. The van der Waals surface area contributed by atoms with Gasteiger partial charge >= 0.3 is 0 Å². The minimum Gasteiger partial charge on any atom is -0.371 e. The SMILES string of the molecule is C[C@H](N)c1ccc(N2CCN(C)c3ccccc32)c(Cl)c1. The van der Waals surface area contributed by atoms with Gasteiger partial charge in [-0.05, 0) is 36.8 Å². The number of hydrogen-bond donors (Lipinski definition) is 1. The molecule has 0 bridgehead atoms. The van der Waals surface area contributed by atoms with Gasteiger partial charge in [-0.1, -0.05) is 29.8 Å². The molecule has 1 aliphatic rings.